The van der Waals surface area contributed by atoms with Crippen molar-refractivity contribution in [1.82, 2.24) is 9.97 Å². The monoisotopic (exact) mass is 395 g/mol. The molecule has 134 valence electrons. The second-order valence-corrected chi connectivity index (χ2v) is 7.27. The zero-order valence-electron chi connectivity index (χ0n) is 13.7. The van der Waals surface area contributed by atoms with E-state index in [0.29, 0.717) is 22.2 Å². The molecule has 0 atom stereocenters. The molecule has 0 spiro atoms. The number of pyridine rings is 1. The summed E-state index contributed by atoms with van der Waals surface area (Å²) in [7, 11) is 0. The molecular weight excluding hydrogens is 383 g/mol. The molecule has 0 aliphatic carbocycles. The van der Waals surface area contributed by atoms with Crippen LogP contribution in [0.5, 0.6) is 0 Å². The van der Waals surface area contributed by atoms with Gasteiger partial charge in [0.15, 0.2) is 10.8 Å². The molecule has 3 rings (SSSR count). The first kappa shape index (κ1) is 18.5. The lowest BCUT2D eigenvalue weighted by molar-refractivity contribution is -0.138. The number of thiazole rings is 1. The molecule has 0 saturated heterocycles. The first-order valence-corrected chi connectivity index (χ1v) is 9.27. The number of halogens is 3. The molecule has 0 aliphatic rings. The first-order valence-electron chi connectivity index (χ1n) is 7.41. The molecule has 0 saturated carbocycles. The Bertz CT molecular complexity index is 986. The quantitative estimate of drug-likeness (QED) is 0.538. The fourth-order valence-corrected chi connectivity index (χ4v) is 4.08. The predicted octanol–water partition coefficient (Wildman–Crippen LogP) is 5.60. The molecule has 9 heteroatoms. The maximum atomic E-state index is 13.1. The molecule has 0 fully saturated rings. The Morgan fingerprint density at radius 1 is 1.27 bits per heavy atom. The van der Waals surface area contributed by atoms with E-state index in [4.69, 9.17) is 4.42 Å². The van der Waals surface area contributed by atoms with Gasteiger partial charge in [-0.3, -0.25) is 0 Å². The van der Waals surface area contributed by atoms with Crippen molar-refractivity contribution in [2.24, 2.45) is 0 Å². The van der Waals surface area contributed by atoms with E-state index in [1.165, 1.54) is 18.3 Å². The fourth-order valence-electron chi connectivity index (χ4n) is 2.26. The summed E-state index contributed by atoms with van der Waals surface area (Å²) in [6, 6.07) is 6.17. The zero-order chi connectivity index (χ0) is 18.9. The molecule has 0 aliphatic heterocycles. The van der Waals surface area contributed by atoms with Crippen LogP contribution in [0, 0.1) is 25.2 Å². The molecule has 3 aromatic heterocycles. The number of nitrogens with zero attached hydrogens (tertiary/aromatic N) is 3. The molecule has 0 amide bonds. The van der Waals surface area contributed by atoms with Gasteiger partial charge < -0.3 is 4.42 Å². The number of hydrogen-bond acceptors (Lipinski definition) is 6. The van der Waals surface area contributed by atoms with Gasteiger partial charge in [0.2, 0.25) is 0 Å². The minimum atomic E-state index is -4.60. The van der Waals surface area contributed by atoms with Crippen molar-refractivity contribution < 1.29 is 17.6 Å². The molecule has 0 bridgehead atoms. The highest BCUT2D eigenvalue weighted by Gasteiger charge is 2.35. The topological polar surface area (TPSA) is 62.7 Å². The van der Waals surface area contributed by atoms with Gasteiger partial charge in [-0.25, -0.2) is 9.97 Å². The lowest BCUT2D eigenvalue weighted by Gasteiger charge is -2.12. The number of thioether (sulfide) groups is 1. The summed E-state index contributed by atoms with van der Waals surface area (Å²) in [5, 5.41) is 11.7. The van der Waals surface area contributed by atoms with Crippen LogP contribution in [0.1, 0.15) is 28.3 Å². The molecule has 3 aromatic rings. The molecule has 0 unspecified atom stereocenters. The van der Waals surface area contributed by atoms with Crippen molar-refractivity contribution in [3.63, 3.8) is 0 Å². The van der Waals surface area contributed by atoms with Crippen LogP contribution in [0.4, 0.5) is 13.2 Å². The molecule has 4 nitrogen and oxygen atoms in total. The lowest BCUT2D eigenvalue weighted by atomic mass is 10.1. The Morgan fingerprint density at radius 2 is 2.04 bits per heavy atom. The number of rotatable bonds is 4. The highest BCUT2D eigenvalue weighted by molar-refractivity contribution is 7.98. The van der Waals surface area contributed by atoms with Crippen LogP contribution in [-0.4, -0.2) is 9.97 Å². The van der Waals surface area contributed by atoms with Crippen LogP contribution in [-0.2, 0) is 11.9 Å². The Morgan fingerprint density at radius 3 is 2.65 bits per heavy atom. The molecule has 0 aromatic carbocycles. The summed E-state index contributed by atoms with van der Waals surface area (Å²) >= 11 is 2.45. The van der Waals surface area contributed by atoms with E-state index < -0.39 is 17.3 Å². The third-order valence-electron chi connectivity index (χ3n) is 3.39. The number of aryl methyl sites for hydroxylation is 2. The smallest absolute Gasteiger partial charge is 0.417 e. The highest BCUT2D eigenvalue weighted by atomic mass is 32.2. The minimum Gasteiger partial charge on any atom is -0.459 e. The van der Waals surface area contributed by atoms with Crippen molar-refractivity contribution in [3.8, 4) is 16.8 Å². The number of alkyl halides is 3. The van der Waals surface area contributed by atoms with Crippen molar-refractivity contribution in [1.29, 1.82) is 5.26 Å². The Kier molecular flexibility index (Phi) is 5.07. The average molecular weight is 395 g/mol. The predicted molar refractivity (Wildman–Crippen MR) is 92.8 cm³/mol. The molecule has 3 heterocycles. The Labute approximate surface area is 155 Å². The van der Waals surface area contributed by atoms with E-state index in [9.17, 15) is 18.4 Å². The standard InChI is InChI=1S/C17H12F3N3OS2/c1-9-5-13(17(18,19)20)12(6-21)15(22-9)25-7-11-8-26-16(23-11)14-4-3-10(2)24-14/h3-5,8H,7H2,1-2H3. The van der Waals surface area contributed by atoms with E-state index >= 15 is 0 Å². The summed E-state index contributed by atoms with van der Waals surface area (Å²) in [5.41, 5.74) is -0.515. The van der Waals surface area contributed by atoms with Gasteiger partial charge in [-0.1, -0.05) is 11.8 Å². The maximum Gasteiger partial charge on any atom is 0.417 e. The van der Waals surface area contributed by atoms with Crippen LogP contribution in [0.25, 0.3) is 10.8 Å². The van der Waals surface area contributed by atoms with E-state index in [1.807, 2.05) is 24.4 Å². The van der Waals surface area contributed by atoms with Crippen molar-refractivity contribution in [2.75, 3.05) is 0 Å². The van der Waals surface area contributed by atoms with E-state index in [-0.39, 0.29) is 10.7 Å². The van der Waals surface area contributed by atoms with Crippen molar-refractivity contribution in [2.45, 2.75) is 30.8 Å². The van der Waals surface area contributed by atoms with Gasteiger partial charge in [-0.2, -0.15) is 18.4 Å². The van der Waals surface area contributed by atoms with Gasteiger partial charge >= 0.3 is 6.18 Å². The van der Waals surface area contributed by atoms with Crippen LogP contribution in [0.15, 0.2) is 33.0 Å². The average Bonchev–Trinajstić information content (AvgIpc) is 3.20. The summed E-state index contributed by atoms with van der Waals surface area (Å²) < 4.78 is 44.9. The van der Waals surface area contributed by atoms with Gasteiger partial charge in [0.05, 0.1) is 16.8 Å². The fraction of sp³-hybridized carbons (Fsp3) is 0.235. The summed E-state index contributed by atoms with van der Waals surface area (Å²) in [6.07, 6.45) is -4.60. The Hall–Kier alpha value is -2.31. The molecule has 26 heavy (non-hydrogen) atoms. The summed E-state index contributed by atoms with van der Waals surface area (Å²) in [5.74, 6) is 1.72. The zero-order valence-corrected chi connectivity index (χ0v) is 15.3. The Balaban J connectivity index is 1.83. The van der Waals surface area contributed by atoms with Gasteiger partial charge in [-0.15, -0.1) is 11.3 Å². The molecule has 0 radical (unpaired) electrons. The normalized spacial score (nSPS) is 11.5. The summed E-state index contributed by atoms with van der Waals surface area (Å²) in [6.45, 7) is 3.31. The molecule has 0 N–H and O–H groups in total. The van der Waals surface area contributed by atoms with Gasteiger partial charge in [0, 0.05) is 16.8 Å². The highest BCUT2D eigenvalue weighted by Crippen LogP contribution is 2.37. The maximum absolute atomic E-state index is 13.1. The third kappa shape index (κ3) is 3.92. The minimum absolute atomic E-state index is 0.0585. The number of furan rings is 1. The van der Waals surface area contributed by atoms with E-state index in [2.05, 4.69) is 9.97 Å². The van der Waals surface area contributed by atoms with Gasteiger partial charge in [0.25, 0.3) is 0 Å². The number of hydrogen-bond donors (Lipinski definition) is 0. The van der Waals surface area contributed by atoms with E-state index in [1.54, 1.807) is 6.07 Å². The SMILES string of the molecule is Cc1cc(C(F)(F)F)c(C#N)c(SCc2csc(-c3ccc(C)o3)n2)n1. The van der Waals surface area contributed by atoms with E-state index in [0.717, 1.165) is 23.6 Å². The van der Waals surface area contributed by atoms with Crippen molar-refractivity contribution >= 4 is 23.1 Å². The number of aromatic nitrogens is 2. The summed E-state index contributed by atoms with van der Waals surface area (Å²) in [4.78, 5) is 8.53. The second kappa shape index (κ2) is 7.13. The van der Waals surface area contributed by atoms with Crippen molar-refractivity contribution in [3.05, 3.63) is 51.9 Å². The van der Waals surface area contributed by atoms with Crippen LogP contribution in [0.2, 0.25) is 0 Å². The lowest BCUT2D eigenvalue weighted by Crippen LogP contribution is -2.10. The number of nitriles is 1. The van der Waals surface area contributed by atoms with Crippen LogP contribution < -0.4 is 0 Å². The molecular formula is C17H12F3N3OS2. The second-order valence-electron chi connectivity index (χ2n) is 5.44. The first-order chi connectivity index (χ1) is 12.3. The van der Waals surface area contributed by atoms with Crippen LogP contribution >= 0.6 is 23.1 Å². The van der Waals surface area contributed by atoms with Gasteiger partial charge in [-0.05, 0) is 32.0 Å². The van der Waals surface area contributed by atoms with Crippen LogP contribution in [0.3, 0.4) is 0 Å². The van der Waals surface area contributed by atoms with Gasteiger partial charge in [0.1, 0.15) is 16.9 Å². The third-order valence-corrected chi connectivity index (χ3v) is 5.31. The largest absolute Gasteiger partial charge is 0.459 e.